The molecule has 6 nitrogen and oxygen atoms in total. The Labute approximate surface area is 209 Å². The number of amides is 1. The number of hydrogen-bond acceptors (Lipinski definition) is 4. The van der Waals surface area contributed by atoms with E-state index in [2.05, 4.69) is 15.5 Å². The maximum absolute atomic E-state index is 13.8. The van der Waals surface area contributed by atoms with Crippen molar-refractivity contribution < 1.29 is 31.1 Å². The Kier molecular flexibility index (Phi) is 7.33. The lowest BCUT2D eigenvalue weighted by atomic mass is 10.0. The lowest BCUT2D eigenvalue weighted by Gasteiger charge is -2.31. The standard InChI is InChI=1S/C25H28F6N4O2/c1-14(15-3-4-19(26)18(11-15)25(29,30)31)32-22(37)17-13-35(24(7-8-24)23(27)28)21(36)12-20(17)33-16-5-9-34(2)10-6-16/h3-4,11-14,16,23,33H,5-10H2,1-2H3,(H,32,37). The average molecular weight is 531 g/mol. The topological polar surface area (TPSA) is 66.4 Å². The van der Waals surface area contributed by atoms with Crippen LogP contribution in [-0.4, -0.2) is 48.0 Å². The SMILES string of the molecule is CC(NC(=O)c1cn(C2(C(F)F)CC2)c(=O)cc1NC1CCN(C)CC1)c1ccc(F)c(C(F)(F)F)c1. The molecule has 1 saturated heterocycles. The van der Waals surface area contributed by atoms with Gasteiger partial charge in [0.15, 0.2) is 0 Å². The van der Waals surface area contributed by atoms with Gasteiger partial charge in [-0.3, -0.25) is 9.59 Å². The molecule has 2 N–H and O–H groups in total. The Morgan fingerprint density at radius 2 is 1.78 bits per heavy atom. The van der Waals surface area contributed by atoms with E-state index in [0.29, 0.717) is 12.1 Å². The highest BCUT2D eigenvalue weighted by molar-refractivity contribution is 5.99. The van der Waals surface area contributed by atoms with Crippen LogP contribution in [0.5, 0.6) is 0 Å². The molecule has 1 aromatic carbocycles. The molecule has 12 heteroatoms. The van der Waals surface area contributed by atoms with Crippen LogP contribution < -0.4 is 16.2 Å². The first-order chi connectivity index (χ1) is 17.3. The molecule has 1 saturated carbocycles. The van der Waals surface area contributed by atoms with E-state index in [0.717, 1.165) is 48.8 Å². The van der Waals surface area contributed by atoms with E-state index in [1.54, 1.807) is 0 Å². The molecule has 1 aliphatic heterocycles. The van der Waals surface area contributed by atoms with Crippen LogP contribution >= 0.6 is 0 Å². The minimum absolute atomic E-state index is 0.00599. The van der Waals surface area contributed by atoms with Gasteiger partial charge in [0.1, 0.15) is 11.4 Å². The van der Waals surface area contributed by atoms with Gasteiger partial charge in [0.25, 0.3) is 17.9 Å². The first-order valence-corrected chi connectivity index (χ1v) is 12.0. The number of hydrogen-bond donors (Lipinski definition) is 2. The minimum atomic E-state index is -4.92. The summed E-state index contributed by atoms with van der Waals surface area (Å²) in [7, 11) is 1.97. The van der Waals surface area contributed by atoms with Crippen molar-refractivity contribution in [1.82, 2.24) is 14.8 Å². The first-order valence-electron chi connectivity index (χ1n) is 12.0. The summed E-state index contributed by atoms with van der Waals surface area (Å²) in [4.78, 5) is 28.3. The minimum Gasteiger partial charge on any atom is -0.381 e. The highest BCUT2D eigenvalue weighted by Gasteiger charge is 2.53. The predicted octanol–water partition coefficient (Wildman–Crippen LogP) is 4.76. The third-order valence-corrected chi connectivity index (χ3v) is 7.17. The molecule has 202 valence electrons. The summed E-state index contributed by atoms with van der Waals surface area (Å²) >= 11 is 0. The van der Waals surface area contributed by atoms with E-state index in [1.165, 1.54) is 6.92 Å². The van der Waals surface area contributed by atoms with Crippen LogP contribution in [-0.2, 0) is 11.7 Å². The molecule has 0 spiro atoms. The summed E-state index contributed by atoms with van der Waals surface area (Å²) in [6.45, 7) is 2.99. The quantitative estimate of drug-likeness (QED) is 0.507. The predicted molar refractivity (Wildman–Crippen MR) is 125 cm³/mol. The highest BCUT2D eigenvalue weighted by Crippen LogP contribution is 2.48. The molecule has 2 aromatic rings. The van der Waals surface area contributed by atoms with Gasteiger partial charge in [0.2, 0.25) is 0 Å². The van der Waals surface area contributed by atoms with Gasteiger partial charge in [-0.15, -0.1) is 0 Å². The fourth-order valence-electron chi connectivity index (χ4n) is 4.63. The number of benzene rings is 1. The van der Waals surface area contributed by atoms with Crippen LogP contribution in [0.3, 0.4) is 0 Å². The van der Waals surface area contributed by atoms with Crippen molar-refractivity contribution >= 4 is 11.6 Å². The van der Waals surface area contributed by atoms with E-state index in [9.17, 15) is 35.9 Å². The van der Waals surface area contributed by atoms with E-state index in [1.807, 2.05) is 7.05 Å². The number of halogens is 6. The van der Waals surface area contributed by atoms with Crippen molar-refractivity contribution in [3.8, 4) is 0 Å². The van der Waals surface area contributed by atoms with Crippen LogP contribution in [0, 0.1) is 5.82 Å². The van der Waals surface area contributed by atoms with Gasteiger partial charge in [-0.25, -0.2) is 13.2 Å². The van der Waals surface area contributed by atoms with Gasteiger partial charge in [-0.2, -0.15) is 13.2 Å². The summed E-state index contributed by atoms with van der Waals surface area (Å²) in [5.74, 6) is -2.20. The van der Waals surface area contributed by atoms with Crippen molar-refractivity contribution in [3.05, 3.63) is 63.3 Å². The van der Waals surface area contributed by atoms with Crippen molar-refractivity contribution in [2.24, 2.45) is 0 Å². The van der Waals surface area contributed by atoms with Crippen LogP contribution in [0.2, 0.25) is 0 Å². The zero-order chi connectivity index (χ0) is 27.1. The van der Waals surface area contributed by atoms with Gasteiger partial charge in [0.05, 0.1) is 22.9 Å². The number of pyridine rings is 1. The summed E-state index contributed by atoms with van der Waals surface area (Å²) in [6, 6.07) is 2.51. The number of carbonyl (C=O) groups excluding carboxylic acids is 1. The number of rotatable bonds is 7. The van der Waals surface area contributed by atoms with Crippen molar-refractivity contribution in [1.29, 1.82) is 0 Å². The van der Waals surface area contributed by atoms with Gasteiger partial charge in [-0.05, 0) is 70.4 Å². The van der Waals surface area contributed by atoms with Crippen molar-refractivity contribution in [2.75, 3.05) is 25.5 Å². The normalized spacial score (nSPS) is 19.1. The average Bonchev–Trinajstić information content (AvgIpc) is 3.62. The Hall–Kier alpha value is -3.02. The number of piperidine rings is 1. The number of anilines is 1. The Bertz CT molecular complexity index is 1220. The van der Waals surface area contributed by atoms with E-state index in [-0.39, 0.29) is 35.7 Å². The molecule has 2 fully saturated rings. The number of nitrogens with one attached hydrogen (secondary N) is 2. The maximum Gasteiger partial charge on any atom is 0.419 e. The Morgan fingerprint density at radius 3 is 2.35 bits per heavy atom. The molecule has 1 aliphatic carbocycles. The van der Waals surface area contributed by atoms with Gasteiger partial charge < -0.3 is 20.1 Å². The molecule has 1 unspecified atom stereocenters. The molecule has 4 rings (SSSR count). The molecule has 1 aromatic heterocycles. The van der Waals surface area contributed by atoms with E-state index < -0.39 is 47.0 Å². The van der Waals surface area contributed by atoms with Crippen LogP contribution in [0.1, 0.15) is 60.1 Å². The summed E-state index contributed by atoms with van der Waals surface area (Å²) in [5, 5.41) is 5.75. The van der Waals surface area contributed by atoms with Crippen LogP contribution in [0.25, 0.3) is 0 Å². The van der Waals surface area contributed by atoms with E-state index in [4.69, 9.17) is 0 Å². The summed E-state index contributed by atoms with van der Waals surface area (Å²) < 4.78 is 81.6. The summed E-state index contributed by atoms with van der Waals surface area (Å²) in [6.07, 6.45) is -5.00. The lowest BCUT2D eigenvalue weighted by molar-refractivity contribution is -0.140. The maximum atomic E-state index is 13.8. The van der Waals surface area contributed by atoms with Gasteiger partial charge in [-0.1, -0.05) is 6.07 Å². The first kappa shape index (κ1) is 27.0. The third kappa shape index (κ3) is 5.63. The Morgan fingerprint density at radius 1 is 1.14 bits per heavy atom. The number of likely N-dealkylation sites (tertiary alicyclic amines) is 1. The molecular formula is C25H28F6N4O2. The number of aromatic nitrogens is 1. The second kappa shape index (κ2) is 10.0. The molecule has 2 heterocycles. The zero-order valence-corrected chi connectivity index (χ0v) is 20.3. The highest BCUT2D eigenvalue weighted by atomic mass is 19.4. The zero-order valence-electron chi connectivity index (χ0n) is 20.3. The lowest BCUT2D eigenvalue weighted by Crippen LogP contribution is -2.40. The van der Waals surface area contributed by atoms with Gasteiger partial charge in [0, 0.05) is 18.3 Å². The molecule has 37 heavy (non-hydrogen) atoms. The van der Waals surface area contributed by atoms with Crippen LogP contribution in [0.4, 0.5) is 32.0 Å². The number of carbonyl (C=O) groups is 1. The van der Waals surface area contributed by atoms with Crippen molar-refractivity contribution in [2.45, 2.75) is 62.8 Å². The third-order valence-electron chi connectivity index (χ3n) is 7.17. The summed E-state index contributed by atoms with van der Waals surface area (Å²) in [5.41, 5.74) is -3.71. The second-order valence-electron chi connectivity index (χ2n) is 9.87. The van der Waals surface area contributed by atoms with E-state index >= 15 is 0 Å². The second-order valence-corrected chi connectivity index (χ2v) is 9.87. The molecule has 1 atom stereocenters. The molecule has 0 bridgehead atoms. The van der Waals surface area contributed by atoms with Crippen LogP contribution in [0.15, 0.2) is 35.3 Å². The van der Waals surface area contributed by atoms with Crippen molar-refractivity contribution in [3.63, 3.8) is 0 Å². The largest absolute Gasteiger partial charge is 0.419 e. The smallest absolute Gasteiger partial charge is 0.381 e. The number of alkyl halides is 5. The fraction of sp³-hybridized carbons (Fsp3) is 0.520. The Balaban J connectivity index is 1.65. The molecule has 2 aliphatic rings. The monoisotopic (exact) mass is 530 g/mol. The molecule has 1 amide bonds. The molecular weight excluding hydrogens is 502 g/mol. The fourth-order valence-corrected chi connectivity index (χ4v) is 4.63. The number of nitrogens with zero attached hydrogens (tertiary/aromatic N) is 2. The van der Waals surface area contributed by atoms with Gasteiger partial charge >= 0.3 is 6.18 Å². The molecule has 0 radical (unpaired) electrons.